The number of carbonyl (C=O) groups is 1. The molecule has 0 bridgehead atoms. The average Bonchev–Trinajstić information content (AvgIpc) is 2.79. The summed E-state index contributed by atoms with van der Waals surface area (Å²) in [6.07, 6.45) is 1.74. The highest BCUT2D eigenvalue weighted by molar-refractivity contribution is 7.88. The van der Waals surface area contributed by atoms with E-state index in [4.69, 9.17) is 46.4 Å². The van der Waals surface area contributed by atoms with Gasteiger partial charge in [0.25, 0.3) is 0 Å². The van der Waals surface area contributed by atoms with Crippen LogP contribution in [0.5, 0.6) is 0 Å². The van der Waals surface area contributed by atoms with Gasteiger partial charge in [-0.1, -0.05) is 58.5 Å². The normalized spacial score (nSPS) is 19.3. The number of piperazine rings is 1. The number of amides is 1. The fraction of sp³-hybridized carbons (Fsp3) is 0.458. The number of rotatable bonds is 8. The zero-order valence-electron chi connectivity index (χ0n) is 19.8. The van der Waals surface area contributed by atoms with Crippen molar-refractivity contribution < 1.29 is 13.2 Å². The lowest BCUT2D eigenvalue weighted by Gasteiger charge is -2.40. The van der Waals surface area contributed by atoms with E-state index in [-0.39, 0.29) is 18.5 Å². The average molecular weight is 581 g/mol. The fourth-order valence-corrected chi connectivity index (χ4v) is 6.10. The number of carbonyl (C=O) groups excluding carboxylic acids is 1. The number of sulfonamides is 1. The molecule has 11 heteroatoms. The van der Waals surface area contributed by atoms with Gasteiger partial charge in [-0.2, -0.15) is 4.31 Å². The van der Waals surface area contributed by atoms with Gasteiger partial charge in [-0.05, 0) is 62.2 Å². The molecular weight excluding hydrogens is 552 g/mol. The molecule has 2 aromatic rings. The van der Waals surface area contributed by atoms with Gasteiger partial charge in [-0.25, -0.2) is 8.42 Å². The topological polar surface area (TPSA) is 69.7 Å². The Morgan fingerprint density at radius 1 is 1.03 bits per heavy atom. The summed E-state index contributed by atoms with van der Waals surface area (Å²) in [4.78, 5) is 15.7. The lowest BCUT2D eigenvalue weighted by atomic mass is 9.78. The van der Waals surface area contributed by atoms with E-state index in [9.17, 15) is 13.2 Å². The molecule has 1 amide bonds. The molecule has 1 fully saturated rings. The summed E-state index contributed by atoms with van der Waals surface area (Å²) in [7, 11) is -3.25. The van der Waals surface area contributed by atoms with Crippen LogP contribution in [0.1, 0.15) is 31.4 Å². The Morgan fingerprint density at radius 3 is 2.23 bits per heavy atom. The Bertz CT molecular complexity index is 1190. The lowest BCUT2D eigenvalue weighted by Crippen LogP contribution is -2.54. The smallest absolute Gasteiger partial charge is 0.230 e. The van der Waals surface area contributed by atoms with Gasteiger partial charge in [0.15, 0.2) is 0 Å². The first-order valence-corrected chi connectivity index (χ1v) is 14.5. The summed E-state index contributed by atoms with van der Waals surface area (Å²) in [5.74, 6) is -0.162. The molecule has 1 saturated heterocycles. The molecule has 192 valence electrons. The van der Waals surface area contributed by atoms with Gasteiger partial charge < -0.3 is 10.2 Å². The van der Waals surface area contributed by atoms with E-state index in [2.05, 4.69) is 10.2 Å². The van der Waals surface area contributed by atoms with E-state index in [1.165, 1.54) is 10.6 Å². The standard InChI is InChI=1S/C24H29Cl4N3O3S/c1-16-15-30(10-11-31(16)35(3,33)34)9-8-24(2,18-5-7-20(26)22(28)13-18)23(32)29-14-17-4-6-19(25)21(27)12-17/h4-7,12-13,16H,8-11,14-15H2,1-3H3,(H,29,32)/t16-,24+/m0/s1. The van der Waals surface area contributed by atoms with Crippen molar-refractivity contribution in [3.05, 3.63) is 67.6 Å². The van der Waals surface area contributed by atoms with E-state index in [1.807, 2.05) is 26.0 Å². The molecule has 1 aliphatic rings. The quantitative estimate of drug-likeness (QED) is 0.464. The Kier molecular flexibility index (Phi) is 9.41. The molecule has 0 aliphatic carbocycles. The molecule has 2 aromatic carbocycles. The summed E-state index contributed by atoms with van der Waals surface area (Å²) in [6.45, 7) is 6.29. The highest BCUT2D eigenvalue weighted by Crippen LogP contribution is 2.34. The molecule has 3 rings (SSSR count). The molecule has 0 unspecified atom stereocenters. The maximum atomic E-state index is 13.6. The first-order valence-electron chi connectivity index (χ1n) is 11.2. The van der Waals surface area contributed by atoms with Crippen LogP contribution in [0.3, 0.4) is 0 Å². The lowest BCUT2D eigenvalue weighted by molar-refractivity contribution is -0.126. The minimum absolute atomic E-state index is 0.140. The molecule has 6 nitrogen and oxygen atoms in total. The minimum atomic E-state index is -3.25. The Balaban J connectivity index is 1.77. The van der Waals surface area contributed by atoms with Gasteiger partial charge in [0.1, 0.15) is 0 Å². The number of nitrogens with one attached hydrogen (secondary N) is 1. The first kappa shape index (κ1) is 28.5. The third kappa shape index (κ3) is 7.04. The largest absolute Gasteiger partial charge is 0.351 e. The fourth-order valence-electron chi connectivity index (χ4n) is 4.35. The molecule has 0 saturated carbocycles. The van der Waals surface area contributed by atoms with E-state index >= 15 is 0 Å². The van der Waals surface area contributed by atoms with Crippen molar-refractivity contribution in [1.29, 1.82) is 0 Å². The maximum Gasteiger partial charge on any atom is 0.230 e. The minimum Gasteiger partial charge on any atom is -0.351 e. The zero-order valence-corrected chi connectivity index (χ0v) is 23.7. The third-order valence-electron chi connectivity index (χ3n) is 6.50. The van der Waals surface area contributed by atoms with E-state index in [0.717, 1.165) is 11.1 Å². The van der Waals surface area contributed by atoms with Crippen LogP contribution >= 0.6 is 46.4 Å². The molecule has 2 atom stereocenters. The monoisotopic (exact) mass is 579 g/mol. The van der Waals surface area contributed by atoms with Crippen molar-refractivity contribution in [1.82, 2.24) is 14.5 Å². The molecule has 35 heavy (non-hydrogen) atoms. The molecule has 0 aromatic heterocycles. The van der Waals surface area contributed by atoms with Crippen LogP contribution in [0.2, 0.25) is 20.1 Å². The van der Waals surface area contributed by atoms with Crippen molar-refractivity contribution in [3.8, 4) is 0 Å². The van der Waals surface area contributed by atoms with Crippen molar-refractivity contribution in [2.75, 3.05) is 32.4 Å². The molecule has 1 aliphatic heterocycles. The first-order chi connectivity index (χ1) is 16.3. The van der Waals surface area contributed by atoms with Crippen LogP contribution in [-0.4, -0.2) is 62.0 Å². The maximum absolute atomic E-state index is 13.6. The predicted octanol–water partition coefficient (Wildman–Crippen LogP) is 5.23. The molecule has 1 N–H and O–H groups in total. The summed E-state index contributed by atoms with van der Waals surface area (Å²) < 4.78 is 25.5. The highest BCUT2D eigenvalue weighted by atomic mass is 35.5. The Morgan fingerprint density at radius 2 is 1.66 bits per heavy atom. The Hall–Kier alpha value is -1.06. The van der Waals surface area contributed by atoms with E-state index < -0.39 is 15.4 Å². The van der Waals surface area contributed by atoms with Crippen LogP contribution in [0.25, 0.3) is 0 Å². The van der Waals surface area contributed by atoms with Gasteiger partial charge >= 0.3 is 0 Å². The number of hydrogen-bond acceptors (Lipinski definition) is 4. The second-order valence-electron chi connectivity index (χ2n) is 9.17. The highest BCUT2D eigenvalue weighted by Gasteiger charge is 2.37. The second kappa shape index (κ2) is 11.5. The number of benzene rings is 2. The predicted molar refractivity (Wildman–Crippen MR) is 144 cm³/mol. The van der Waals surface area contributed by atoms with Crippen molar-refractivity contribution in [2.24, 2.45) is 0 Å². The summed E-state index contributed by atoms with van der Waals surface area (Å²) in [5, 5.41) is 4.69. The van der Waals surface area contributed by atoms with Gasteiger partial charge in [0.2, 0.25) is 15.9 Å². The van der Waals surface area contributed by atoms with Crippen LogP contribution in [0.4, 0.5) is 0 Å². The summed E-state index contributed by atoms with van der Waals surface area (Å²) in [6, 6.07) is 10.3. The zero-order chi connectivity index (χ0) is 26.0. The SMILES string of the molecule is C[C@H]1CN(CC[C@@](C)(C(=O)NCc2ccc(Cl)c(Cl)c2)c2ccc(Cl)c(Cl)c2)CCN1S(C)(=O)=O. The van der Waals surface area contributed by atoms with Gasteiger partial charge in [-0.15, -0.1) is 0 Å². The van der Waals surface area contributed by atoms with Crippen molar-refractivity contribution >= 4 is 62.3 Å². The number of halogens is 4. The Labute approximate surface area is 227 Å². The molecule has 1 heterocycles. The number of hydrogen-bond donors (Lipinski definition) is 1. The third-order valence-corrected chi connectivity index (χ3v) is 9.37. The van der Waals surface area contributed by atoms with Crippen LogP contribution in [0, 0.1) is 0 Å². The van der Waals surface area contributed by atoms with E-state index in [0.29, 0.717) is 52.7 Å². The van der Waals surface area contributed by atoms with Gasteiger partial charge in [0, 0.05) is 32.2 Å². The summed E-state index contributed by atoms with van der Waals surface area (Å²) in [5.41, 5.74) is 0.679. The van der Waals surface area contributed by atoms with Gasteiger partial charge in [-0.3, -0.25) is 4.79 Å². The van der Waals surface area contributed by atoms with Crippen LogP contribution in [-0.2, 0) is 26.8 Å². The second-order valence-corrected chi connectivity index (χ2v) is 12.7. The van der Waals surface area contributed by atoms with E-state index in [1.54, 1.807) is 24.3 Å². The molecule has 0 spiro atoms. The van der Waals surface area contributed by atoms with Crippen LogP contribution < -0.4 is 5.32 Å². The molecule has 0 radical (unpaired) electrons. The van der Waals surface area contributed by atoms with Crippen molar-refractivity contribution in [3.63, 3.8) is 0 Å². The van der Waals surface area contributed by atoms with Crippen molar-refractivity contribution in [2.45, 2.75) is 38.3 Å². The van der Waals surface area contributed by atoms with Gasteiger partial charge in [0.05, 0.1) is 31.8 Å². The van der Waals surface area contributed by atoms with Crippen LogP contribution in [0.15, 0.2) is 36.4 Å². The molecular formula is C24H29Cl4N3O3S. The number of nitrogens with zero attached hydrogens (tertiary/aromatic N) is 2. The summed E-state index contributed by atoms with van der Waals surface area (Å²) >= 11 is 24.5.